The van der Waals surface area contributed by atoms with E-state index in [0.717, 1.165) is 103 Å². The lowest BCUT2D eigenvalue weighted by Gasteiger charge is -2.27. The summed E-state index contributed by atoms with van der Waals surface area (Å²) < 4.78 is 75.1. The Morgan fingerprint density at radius 3 is 1.95 bits per heavy atom. The Labute approximate surface area is 492 Å². The smallest absolute Gasteiger partial charge is 0.264 e. The number of carbonyl (C=O) groups is 1. The van der Waals surface area contributed by atoms with Gasteiger partial charge in [-0.3, -0.25) is 13.9 Å². The first-order valence-corrected chi connectivity index (χ1v) is 32.6. The molecule has 6 aromatic carbocycles. The van der Waals surface area contributed by atoms with Crippen LogP contribution in [0.5, 0.6) is 5.75 Å². The number of fused-ring (bicyclic) bond motifs is 4. The van der Waals surface area contributed by atoms with E-state index in [1.54, 1.807) is 6.92 Å². The van der Waals surface area contributed by atoms with Crippen LogP contribution in [0, 0.1) is 0 Å². The van der Waals surface area contributed by atoms with E-state index in [4.69, 9.17) is 4.74 Å². The lowest BCUT2D eigenvalue weighted by atomic mass is 9.81. The highest BCUT2D eigenvalue weighted by Gasteiger charge is 2.44. The lowest BCUT2D eigenvalue weighted by Crippen LogP contribution is -2.28. The fourth-order valence-corrected chi connectivity index (χ4v) is 13.6. The van der Waals surface area contributed by atoms with Crippen molar-refractivity contribution in [3.05, 3.63) is 208 Å². The number of carbonyl (C=O) groups excluding carboxylic acids is 1. The van der Waals surface area contributed by atoms with Gasteiger partial charge in [-0.25, -0.2) is 0 Å². The quantitative estimate of drug-likeness (QED) is 0.0135. The summed E-state index contributed by atoms with van der Waals surface area (Å²) in [6, 6.07) is 42.8. The van der Waals surface area contributed by atoms with Crippen molar-refractivity contribution in [3.63, 3.8) is 0 Å². The van der Waals surface area contributed by atoms with E-state index in [1.165, 1.54) is 49.4 Å². The minimum Gasteiger partial charge on any atom is -0.457 e. The first-order chi connectivity index (χ1) is 39.7. The highest BCUT2D eigenvalue weighted by molar-refractivity contribution is 7.86. The predicted molar refractivity (Wildman–Crippen MR) is 338 cm³/mol. The number of para-hydroxylation sites is 2. The summed E-state index contributed by atoms with van der Waals surface area (Å²) in [7, 11) is -8.14. The zero-order valence-corrected chi connectivity index (χ0v) is 50.5. The SMILES string of the molecule is C=C(C)C(=O)NCCCNCc1c2ccccc2c(CCCc2ccc(OC3=C(C=CC4=[N+](CCCCS(=O)(=O)O)c5ccccc5C4(C)C)CCCC3=CC=C3N(CCCCS(=O)(=O)O)c4ccccc4C3(C)C)cc2)c2ccccc12. The molecule has 6 aromatic rings. The number of amides is 1. The molecule has 83 heavy (non-hydrogen) atoms. The lowest BCUT2D eigenvalue weighted by molar-refractivity contribution is -0.438. The van der Waals surface area contributed by atoms with Crippen LogP contribution in [0.1, 0.15) is 120 Å². The minimum atomic E-state index is -4.07. The molecule has 4 N–H and O–H groups in total. The fraction of sp³-hybridized carbons (Fsp3) is 0.362. The van der Waals surface area contributed by atoms with Crippen molar-refractivity contribution in [2.75, 3.05) is 42.6 Å². The number of benzene rings is 6. The summed E-state index contributed by atoms with van der Waals surface area (Å²) >= 11 is 0. The number of nitrogens with one attached hydrogen (secondary N) is 2. The standard InChI is InChI=1S/C69H80N4O8S2/c1-49(2)67(74)71-43-21-42-70-48-59-57-27-9-7-25-54(57)56(55-26-8-10-28-58(55)59)29-19-22-50-34-38-53(39-35-50)81-66-51(36-40-64-68(3,4)60-30-11-13-32-62(60)72(64)44-15-17-46-82(75,76)77)23-20-24-52(66)37-41-65-69(5,6)61-31-12-14-33-63(61)73(65)45-16-18-47-83(78,79)80/h7-14,25-28,30-41,70H,1,15-24,29,42-48H2,2-6H3,(H2-,71,74,75,76,77,78,79,80)/p+1. The van der Waals surface area contributed by atoms with Gasteiger partial charge >= 0.3 is 0 Å². The van der Waals surface area contributed by atoms with Crippen LogP contribution in [0.2, 0.25) is 0 Å². The summed E-state index contributed by atoms with van der Waals surface area (Å²) in [5.41, 5.74) is 12.6. The molecule has 2 heterocycles. The van der Waals surface area contributed by atoms with Gasteiger partial charge in [0.15, 0.2) is 5.71 Å². The van der Waals surface area contributed by atoms with E-state index in [0.29, 0.717) is 50.9 Å². The Balaban J connectivity index is 0.997. The van der Waals surface area contributed by atoms with Gasteiger partial charge in [0.2, 0.25) is 11.6 Å². The van der Waals surface area contributed by atoms with E-state index in [9.17, 15) is 30.7 Å². The van der Waals surface area contributed by atoms with Crippen molar-refractivity contribution in [2.45, 2.75) is 123 Å². The van der Waals surface area contributed by atoms with Crippen LogP contribution in [0.15, 0.2) is 180 Å². The Morgan fingerprint density at radius 1 is 0.675 bits per heavy atom. The zero-order chi connectivity index (χ0) is 58.9. The molecule has 0 saturated heterocycles. The molecule has 0 unspecified atom stereocenters. The number of allylic oxidation sites excluding steroid dienone is 7. The normalized spacial score (nSPS) is 16.9. The van der Waals surface area contributed by atoms with Gasteiger partial charge in [0, 0.05) is 66.1 Å². The van der Waals surface area contributed by atoms with E-state index < -0.39 is 20.2 Å². The molecular weight excluding hydrogens is 1080 g/mol. The molecule has 0 aromatic heterocycles. The number of anilines is 1. The summed E-state index contributed by atoms with van der Waals surface area (Å²) in [5.74, 6) is 0.879. The summed E-state index contributed by atoms with van der Waals surface area (Å²) in [5, 5.41) is 11.6. The Morgan fingerprint density at radius 2 is 1.29 bits per heavy atom. The van der Waals surface area contributed by atoms with Gasteiger partial charge in [0.25, 0.3) is 20.2 Å². The Bertz CT molecular complexity index is 3740. The van der Waals surface area contributed by atoms with Crippen molar-refractivity contribution in [1.82, 2.24) is 10.6 Å². The molecule has 0 bridgehead atoms. The monoisotopic (exact) mass is 1160 g/mol. The molecule has 3 aliphatic rings. The molecule has 0 saturated carbocycles. The van der Waals surface area contributed by atoms with Crippen molar-refractivity contribution >= 4 is 64.8 Å². The maximum absolute atomic E-state index is 12.0. The molecule has 0 atom stereocenters. The van der Waals surface area contributed by atoms with Crippen LogP contribution in [0.25, 0.3) is 21.5 Å². The fourth-order valence-electron chi connectivity index (χ4n) is 12.4. The number of rotatable bonds is 26. The topological polar surface area (TPSA) is 165 Å². The number of hydrogen-bond donors (Lipinski definition) is 4. The number of aryl methyl sites for hydroxylation is 2. The number of hydrogen-bond acceptors (Lipinski definition) is 8. The number of unbranched alkanes of at least 4 members (excludes halogenated alkanes) is 2. The minimum absolute atomic E-state index is 0.108. The summed E-state index contributed by atoms with van der Waals surface area (Å²) in [6.07, 6.45) is 16.7. The highest BCUT2D eigenvalue weighted by atomic mass is 32.2. The predicted octanol–water partition coefficient (Wildman–Crippen LogP) is 13.7. The van der Waals surface area contributed by atoms with Gasteiger partial charge in [-0.1, -0.05) is 124 Å². The van der Waals surface area contributed by atoms with Crippen LogP contribution in [-0.4, -0.2) is 79.8 Å². The molecule has 0 radical (unpaired) electrons. The first kappa shape index (κ1) is 60.6. The van der Waals surface area contributed by atoms with Gasteiger partial charge in [-0.2, -0.15) is 21.4 Å². The van der Waals surface area contributed by atoms with E-state index in [-0.39, 0.29) is 28.2 Å². The Hall–Kier alpha value is -6.94. The Kier molecular flexibility index (Phi) is 19.2. The molecule has 14 heteroatoms. The van der Waals surface area contributed by atoms with Crippen molar-refractivity contribution in [2.24, 2.45) is 0 Å². The third-order valence-corrected chi connectivity index (χ3v) is 18.3. The second-order valence-electron chi connectivity index (χ2n) is 23.5. The van der Waals surface area contributed by atoms with Crippen LogP contribution >= 0.6 is 0 Å². The van der Waals surface area contributed by atoms with Gasteiger partial charge < -0.3 is 20.3 Å². The molecule has 1 aliphatic carbocycles. The van der Waals surface area contributed by atoms with Gasteiger partial charge in [-0.05, 0) is 177 Å². The maximum atomic E-state index is 12.0. The third-order valence-electron chi connectivity index (χ3n) is 16.7. The molecule has 436 valence electrons. The van der Waals surface area contributed by atoms with Crippen LogP contribution in [0.4, 0.5) is 11.4 Å². The van der Waals surface area contributed by atoms with Crippen LogP contribution in [0.3, 0.4) is 0 Å². The molecule has 9 rings (SSSR count). The van der Waals surface area contributed by atoms with Gasteiger partial charge in [0.05, 0.1) is 16.9 Å². The molecule has 0 spiro atoms. The van der Waals surface area contributed by atoms with Gasteiger partial charge in [0.1, 0.15) is 18.1 Å². The van der Waals surface area contributed by atoms with Gasteiger partial charge in [-0.15, -0.1) is 0 Å². The van der Waals surface area contributed by atoms with Crippen molar-refractivity contribution in [3.8, 4) is 5.75 Å². The second-order valence-corrected chi connectivity index (χ2v) is 26.6. The van der Waals surface area contributed by atoms with Crippen molar-refractivity contribution in [1.29, 1.82) is 0 Å². The molecule has 2 aliphatic heterocycles. The second kappa shape index (κ2) is 26.3. The summed E-state index contributed by atoms with van der Waals surface area (Å²) in [4.78, 5) is 14.3. The average molecular weight is 1160 g/mol. The van der Waals surface area contributed by atoms with E-state index in [1.807, 2.05) is 12.1 Å². The number of ether oxygens (including phenoxy) is 1. The first-order valence-electron chi connectivity index (χ1n) is 29.4. The zero-order valence-electron chi connectivity index (χ0n) is 48.8. The summed E-state index contributed by atoms with van der Waals surface area (Å²) in [6.45, 7) is 17.6. The maximum Gasteiger partial charge on any atom is 0.264 e. The highest BCUT2D eigenvalue weighted by Crippen LogP contribution is 2.48. The van der Waals surface area contributed by atoms with Crippen molar-refractivity contribution < 1.29 is 40.0 Å². The van der Waals surface area contributed by atoms with Crippen LogP contribution < -0.4 is 20.3 Å². The molecule has 1 amide bonds. The number of nitrogens with zero attached hydrogens (tertiary/aromatic N) is 2. The molecule has 12 nitrogen and oxygen atoms in total. The third kappa shape index (κ3) is 14.5. The molecular formula is C69H81N4O8S2+. The molecule has 0 fully saturated rings. The van der Waals surface area contributed by atoms with E-state index >= 15 is 0 Å². The van der Waals surface area contributed by atoms with E-state index in [2.05, 4.69) is 188 Å². The average Bonchev–Trinajstić information content (AvgIpc) is 2.65. The van der Waals surface area contributed by atoms with Crippen LogP contribution in [-0.2, 0) is 55.2 Å². The largest absolute Gasteiger partial charge is 0.457 e.